The van der Waals surface area contributed by atoms with Crippen LogP contribution in [0.15, 0.2) is 18.7 Å². The maximum Gasteiger partial charge on any atom is 0.341 e. The first-order chi connectivity index (χ1) is 12.7. The van der Waals surface area contributed by atoms with Gasteiger partial charge in [-0.2, -0.15) is 14.6 Å². The predicted octanol–water partition coefficient (Wildman–Crippen LogP) is 1.67. The van der Waals surface area contributed by atoms with Crippen molar-refractivity contribution in [1.82, 2.24) is 29.5 Å². The molecule has 26 heavy (non-hydrogen) atoms. The van der Waals surface area contributed by atoms with Crippen LogP contribution in [0.1, 0.15) is 35.3 Å². The zero-order chi connectivity index (χ0) is 18.1. The number of aromatic nitrogens is 6. The monoisotopic (exact) mass is 353 g/mol. The molecule has 0 aliphatic carbocycles. The normalized spacial score (nSPS) is 14.6. The number of fused-ring (bicyclic) bond motifs is 1. The van der Waals surface area contributed by atoms with Crippen LogP contribution in [0.4, 0.5) is 5.95 Å². The third kappa shape index (κ3) is 2.75. The Labute approximate surface area is 150 Å². The van der Waals surface area contributed by atoms with Gasteiger partial charge in [0.2, 0.25) is 5.95 Å². The van der Waals surface area contributed by atoms with Crippen LogP contribution in [0.5, 0.6) is 0 Å². The first-order valence-electron chi connectivity index (χ1n) is 8.55. The van der Waals surface area contributed by atoms with Crippen molar-refractivity contribution in [2.24, 2.45) is 0 Å². The summed E-state index contributed by atoms with van der Waals surface area (Å²) in [6.07, 6.45) is 8.13. The summed E-state index contributed by atoms with van der Waals surface area (Å²) in [4.78, 5) is 31.9. The Hall–Kier alpha value is -3.10. The van der Waals surface area contributed by atoms with Crippen molar-refractivity contribution in [2.45, 2.75) is 26.2 Å². The van der Waals surface area contributed by atoms with Gasteiger partial charge in [-0.3, -0.25) is 0 Å². The SMILES string of the molecule is COC(=O)c1cnc2ncnn2c1-c1cnc(N2CCCCC2)nc1C. The van der Waals surface area contributed by atoms with Crippen molar-refractivity contribution in [1.29, 1.82) is 0 Å². The Bertz CT molecular complexity index is 963. The van der Waals surface area contributed by atoms with Crippen LogP contribution in [-0.4, -0.2) is 55.7 Å². The Morgan fingerprint density at radius 2 is 1.92 bits per heavy atom. The van der Waals surface area contributed by atoms with E-state index in [1.165, 1.54) is 30.6 Å². The molecule has 1 aliphatic heterocycles. The van der Waals surface area contributed by atoms with Gasteiger partial charge in [0.15, 0.2) is 0 Å². The first-order valence-corrected chi connectivity index (χ1v) is 8.55. The molecule has 3 aromatic heterocycles. The number of hydrogen-bond acceptors (Lipinski definition) is 8. The molecule has 0 atom stereocenters. The molecule has 9 nitrogen and oxygen atoms in total. The number of anilines is 1. The van der Waals surface area contributed by atoms with Crippen LogP contribution in [0.2, 0.25) is 0 Å². The lowest BCUT2D eigenvalue weighted by Crippen LogP contribution is -2.31. The average Bonchev–Trinajstić information content (AvgIpc) is 3.16. The summed E-state index contributed by atoms with van der Waals surface area (Å²) in [7, 11) is 1.33. The van der Waals surface area contributed by atoms with Crippen LogP contribution in [0.3, 0.4) is 0 Å². The maximum absolute atomic E-state index is 12.2. The standard InChI is InChI=1S/C17H19N7O2/c1-11-12(8-19-17(22-11)23-6-4-3-5-7-23)14-13(15(25)26-2)9-18-16-20-10-21-24(14)16/h8-10H,3-7H2,1-2H3. The van der Waals surface area contributed by atoms with Gasteiger partial charge < -0.3 is 9.64 Å². The van der Waals surface area contributed by atoms with Gasteiger partial charge in [0.25, 0.3) is 5.78 Å². The van der Waals surface area contributed by atoms with E-state index in [0.717, 1.165) is 37.6 Å². The number of carbonyl (C=O) groups is 1. The van der Waals surface area contributed by atoms with Crippen LogP contribution in [-0.2, 0) is 4.74 Å². The second kappa shape index (κ2) is 6.66. The first kappa shape index (κ1) is 16.4. The summed E-state index contributed by atoms with van der Waals surface area (Å²) in [6.45, 7) is 3.83. The van der Waals surface area contributed by atoms with Crippen LogP contribution in [0.25, 0.3) is 17.0 Å². The number of aryl methyl sites for hydroxylation is 1. The van der Waals surface area contributed by atoms with E-state index in [1.807, 2.05) is 6.92 Å². The molecule has 4 rings (SSSR count). The van der Waals surface area contributed by atoms with E-state index in [2.05, 4.69) is 29.9 Å². The molecule has 0 bridgehead atoms. The maximum atomic E-state index is 12.2. The minimum absolute atomic E-state index is 0.294. The molecule has 1 fully saturated rings. The van der Waals surface area contributed by atoms with Crippen molar-refractivity contribution in [3.8, 4) is 11.3 Å². The van der Waals surface area contributed by atoms with Crippen molar-refractivity contribution in [3.05, 3.63) is 30.0 Å². The quantitative estimate of drug-likeness (QED) is 0.656. The minimum Gasteiger partial charge on any atom is -0.465 e. The largest absolute Gasteiger partial charge is 0.465 e. The van der Waals surface area contributed by atoms with E-state index < -0.39 is 5.97 Å². The molecule has 1 saturated heterocycles. The highest BCUT2D eigenvalue weighted by molar-refractivity contribution is 5.96. The number of nitrogens with zero attached hydrogens (tertiary/aromatic N) is 7. The van der Waals surface area contributed by atoms with E-state index in [1.54, 1.807) is 6.20 Å². The third-order valence-corrected chi connectivity index (χ3v) is 4.57. The molecule has 3 aromatic rings. The zero-order valence-corrected chi connectivity index (χ0v) is 14.7. The Balaban J connectivity index is 1.84. The molecule has 0 radical (unpaired) electrons. The van der Waals surface area contributed by atoms with Gasteiger partial charge in [-0.05, 0) is 26.2 Å². The summed E-state index contributed by atoms with van der Waals surface area (Å²) in [5.74, 6) is 0.617. The number of hydrogen-bond donors (Lipinski definition) is 0. The zero-order valence-electron chi connectivity index (χ0n) is 14.7. The van der Waals surface area contributed by atoms with E-state index >= 15 is 0 Å². The molecule has 0 amide bonds. The van der Waals surface area contributed by atoms with Gasteiger partial charge in [0.05, 0.1) is 18.5 Å². The second-order valence-corrected chi connectivity index (χ2v) is 6.20. The average molecular weight is 353 g/mol. The highest BCUT2D eigenvalue weighted by Gasteiger charge is 2.22. The summed E-state index contributed by atoms with van der Waals surface area (Å²) in [6, 6.07) is 0. The molecule has 0 N–H and O–H groups in total. The van der Waals surface area contributed by atoms with E-state index in [9.17, 15) is 4.79 Å². The molecule has 0 spiro atoms. The summed E-state index contributed by atoms with van der Waals surface area (Å²) in [5.41, 5.74) is 2.28. The van der Waals surface area contributed by atoms with E-state index in [-0.39, 0.29) is 0 Å². The molecule has 134 valence electrons. The van der Waals surface area contributed by atoms with Gasteiger partial charge in [0.1, 0.15) is 11.9 Å². The summed E-state index contributed by atoms with van der Waals surface area (Å²) >= 11 is 0. The Morgan fingerprint density at radius 3 is 2.65 bits per heavy atom. The molecule has 0 saturated carbocycles. The van der Waals surface area contributed by atoms with Gasteiger partial charge >= 0.3 is 5.97 Å². The Morgan fingerprint density at radius 1 is 1.12 bits per heavy atom. The fraction of sp³-hybridized carbons (Fsp3) is 0.412. The van der Waals surface area contributed by atoms with Gasteiger partial charge in [0, 0.05) is 31.0 Å². The topological polar surface area (TPSA) is 98.4 Å². The second-order valence-electron chi connectivity index (χ2n) is 6.20. The van der Waals surface area contributed by atoms with Crippen LogP contribution < -0.4 is 4.90 Å². The van der Waals surface area contributed by atoms with Crippen molar-refractivity contribution >= 4 is 17.7 Å². The lowest BCUT2D eigenvalue weighted by Gasteiger charge is -2.27. The van der Waals surface area contributed by atoms with Crippen LogP contribution >= 0.6 is 0 Å². The molecule has 0 aromatic carbocycles. The van der Waals surface area contributed by atoms with Crippen LogP contribution in [0, 0.1) is 6.92 Å². The number of piperidine rings is 1. The highest BCUT2D eigenvalue weighted by Crippen LogP contribution is 2.27. The lowest BCUT2D eigenvalue weighted by molar-refractivity contribution is 0.0600. The number of esters is 1. The number of ether oxygens (including phenoxy) is 1. The number of rotatable bonds is 3. The summed E-state index contributed by atoms with van der Waals surface area (Å²) < 4.78 is 6.41. The lowest BCUT2D eigenvalue weighted by atomic mass is 10.1. The fourth-order valence-electron chi connectivity index (χ4n) is 3.23. The van der Waals surface area contributed by atoms with Crippen molar-refractivity contribution in [3.63, 3.8) is 0 Å². The van der Waals surface area contributed by atoms with E-state index in [4.69, 9.17) is 4.74 Å². The summed E-state index contributed by atoms with van der Waals surface area (Å²) in [5, 5.41) is 4.20. The Kier molecular flexibility index (Phi) is 4.19. The smallest absolute Gasteiger partial charge is 0.341 e. The number of methoxy groups -OCH3 is 1. The fourth-order valence-corrected chi connectivity index (χ4v) is 3.23. The van der Waals surface area contributed by atoms with Gasteiger partial charge in [-0.15, -0.1) is 0 Å². The molecule has 1 aliphatic rings. The van der Waals surface area contributed by atoms with Crippen molar-refractivity contribution < 1.29 is 9.53 Å². The van der Waals surface area contributed by atoms with E-state index in [0.29, 0.717) is 22.6 Å². The highest BCUT2D eigenvalue weighted by atomic mass is 16.5. The number of carbonyl (C=O) groups excluding carboxylic acids is 1. The molecular weight excluding hydrogens is 334 g/mol. The molecular formula is C17H19N7O2. The van der Waals surface area contributed by atoms with Crippen molar-refractivity contribution in [2.75, 3.05) is 25.1 Å². The molecule has 0 unspecified atom stereocenters. The predicted molar refractivity (Wildman–Crippen MR) is 93.9 cm³/mol. The van der Waals surface area contributed by atoms with Gasteiger partial charge in [-0.25, -0.2) is 19.7 Å². The molecule has 9 heteroatoms. The molecule has 4 heterocycles. The minimum atomic E-state index is -0.496. The third-order valence-electron chi connectivity index (χ3n) is 4.57. The van der Waals surface area contributed by atoms with Gasteiger partial charge in [-0.1, -0.05) is 0 Å².